The van der Waals surface area contributed by atoms with E-state index in [0.29, 0.717) is 25.7 Å². The molecule has 1 aliphatic rings. The van der Waals surface area contributed by atoms with Crippen LogP contribution in [0.15, 0.2) is 20.0 Å². The van der Waals surface area contributed by atoms with Crippen LogP contribution in [-0.2, 0) is 47.9 Å². The first-order valence-corrected chi connectivity index (χ1v) is 29.0. The monoisotopic (exact) mass is 1220 g/mol. The Labute approximate surface area is 501 Å². The minimum Gasteiger partial charge on any atom is -0.391 e. The number of aliphatic hydroxyl groups excluding tert-OH is 1. The Balaban J connectivity index is 3.94. The van der Waals surface area contributed by atoms with Gasteiger partial charge >= 0.3 is 0 Å². The summed E-state index contributed by atoms with van der Waals surface area (Å²) in [6.45, 7) is 4.46. The van der Waals surface area contributed by atoms with E-state index in [9.17, 15) is 53.1 Å². The number of hydrogen-bond acceptors (Lipinski definition) is 17. The smallest absolute Gasteiger partial charge is 0.245 e. The van der Waals surface area contributed by atoms with Crippen molar-refractivity contribution < 1.29 is 53.1 Å². The number of carbonyl (C=O) groups is 10. The maximum absolute atomic E-state index is 14.5. The van der Waals surface area contributed by atoms with Crippen molar-refractivity contribution >= 4 is 82.9 Å². The van der Waals surface area contributed by atoms with Crippen LogP contribution in [0.1, 0.15) is 130 Å². The van der Waals surface area contributed by atoms with E-state index in [4.69, 9.17) is 57.3 Å². The van der Waals surface area contributed by atoms with Crippen molar-refractivity contribution in [3.63, 3.8) is 0 Å². The summed E-state index contributed by atoms with van der Waals surface area (Å²) in [7, 11) is 0. The molecule has 10 atom stereocenters. The fraction of sp³-hybridized carbons (Fsp3) is 0.725. The van der Waals surface area contributed by atoms with Gasteiger partial charge in [0, 0.05) is 39.6 Å². The minimum absolute atomic E-state index is 0.00103. The van der Waals surface area contributed by atoms with E-state index < -0.39 is 120 Å². The van der Waals surface area contributed by atoms with Crippen molar-refractivity contribution in [3.05, 3.63) is 0 Å². The van der Waals surface area contributed by atoms with Crippen molar-refractivity contribution in [3.8, 4) is 0 Å². The Morgan fingerprint density at radius 1 is 0.500 bits per heavy atom. The molecule has 488 valence electrons. The van der Waals surface area contributed by atoms with Gasteiger partial charge in [0.1, 0.15) is 54.4 Å². The number of nitrogens with zero attached hydrogens (tertiary/aromatic N) is 4. The van der Waals surface area contributed by atoms with Crippen molar-refractivity contribution in [2.24, 2.45) is 77.3 Å². The molecule has 86 heavy (non-hydrogen) atoms. The molecule has 0 spiro atoms. The third-order valence-corrected chi connectivity index (χ3v) is 13.2. The first kappa shape index (κ1) is 75.7. The highest BCUT2D eigenvalue weighted by atomic mass is 16.3. The number of unbranched alkanes of at least 4 members (excludes halogenated alkanes) is 2. The summed E-state index contributed by atoms with van der Waals surface area (Å²) >= 11 is 0. The fourth-order valence-corrected chi connectivity index (χ4v) is 8.62. The quantitative estimate of drug-likeness (QED) is 0.0169. The third kappa shape index (κ3) is 32.6. The van der Waals surface area contributed by atoms with E-state index in [1.165, 1.54) is 20.8 Å². The predicted molar refractivity (Wildman–Crippen MR) is 323 cm³/mol. The van der Waals surface area contributed by atoms with E-state index in [0.717, 1.165) is 0 Å². The number of carbonyl (C=O) groups excluding carboxylic acids is 10. The Hall–Kier alpha value is -8.34. The number of aliphatic imine (C=N–C) groups is 4. The molecule has 0 aromatic carbocycles. The molecule has 35 nitrogen and oxygen atoms in total. The predicted octanol–water partition coefficient (Wildman–Crippen LogP) is -8.46. The summed E-state index contributed by atoms with van der Waals surface area (Å²) < 4.78 is 0. The van der Waals surface area contributed by atoms with Gasteiger partial charge in [-0.15, -0.1) is 0 Å². The Morgan fingerprint density at radius 3 is 1.33 bits per heavy atom. The lowest BCUT2D eigenvalue weighted by atomic mass is 10.0. The van der Waals surface area contributed by atoms with Crippen LogP contribution in [0.25, 0.3) is 0 Å². The second-order valence-electron chi connectivity index (χ2n) is 20.7. The molecule has 35 heteroatoms. The number of nitrogens with one attached hydrogen (secondary N) is 10. The summed E-state index contributed by atoms with van der Waals surface area (Å²) in [5.74, 6) is -8.99. The molecule has 31 N–H and O–H groups in total. The van der Waals surface area contributed by atoms with E-state index in [1.807, 2.05) is 0 Å². The van der Waals surface area contributed by atoms with E-state index in [1.54, 1.807) is 0 Å². The second kappa shape index (κ2) is 42.5. The molecule has 1 aliphatic heterocycles. The normalized spacial score (nSPS) is 20.6. The van der Waals surface area contributed by atoms with Crippen LogP contribution in [0, 0.1) is 0 Å². The van der Waals surface area contributed by atoms with Crippen LogP contribution in [0.4, 0.5) is 0 Å². The van der Waals surface area contributed by atoms with Gasteiger partial charge < -0.3 is 116 Å². The molecule has 0 saturated carbocycles. The Bertz CT molecular complexity index is 2310. The van der Waals surface area contributed by atoms with Gasteiger partial charge in [0.25, 0.3) is 0 Å². The molecule has 1 heterocycles. The van der Waals surface area contributed by atoms with Crippen LogP contribution < -0.4 is 111 Å². The van der Waals surface area contributed by atoms with Crippen LogP contribution in [0.2, 0.25) is 0 Å². The summed E-state index contributed by atoms with van der Waals surface area (Å²) in [5, 5.41) is 37.3. The van der Waals surface area contributed by atoms with Crippen LogP contribution in [-0.4, -0.2) is 194 Å². The van der Waals surface area contributed by atoms with Gasteiger partial charge in [0.2, 0.25) is 59.1 Å². The summed E-state index contributed by atoms with van der Waals surface area (Å²) in [4.78, 5) is 155. The van der Waals surface area contributed by atoms with E-state index >= 15 is 0 Å². The molecule has 0 aromatic rings. The maximum Gasteiger partial charge on any atom is 0.245 e. The zero-order valence-electron chi connectivity index (χ0n) is 49.8. The van der Waals surface area contributed by atoms with Crippen molar-refractivity contribution in [1.82, 2.24) is 53.2 Å². The number of guanidine groups is 4. The van der Waals surface area contributed by atoms with E-state index in [-0.39, 0.29) is 153 Å². The van der Waals surface area contributed by atoms with Crippen LogP contribution in [0.5, 0.6) is 0 Å². The molecule has 0 bridgehead atoms. The van der Waals surface area contributed by atoms with Gasteiger partial charge in [0.05, 0.1) is 6.10 Å². The highest BCUT2D eigenvalue weighted by Crippen LogP contribution is 2.12. The standard InChI is InChI=1S/C51H98N24O11/c1-28(67-41(80)32(68-30(3)77)18-11-25-64-49(56)57)39(78)69-36(19-12-26-65-50(58)59)44(83)73-35-16-6-9-23-62-40(79)31(17-10-24-63-48(54)55)70-42(81)33(14-4-7-21-52)71-43(82)34(15-5-8-22-53)72-45(84)37(20-13-27-66-51(60)61)74-47(86)38(29(2)76)75-46(35)85/h28-29,31-38,76H,4-27,52-53H2,1-3H3,(H,62,79)(H,67,80)(H,68,77)(H,69,78)(H,70,81)(H,71,82)(H,72,84)(H,73,83)(H,74,86)(H,75,85)(H4,54,55,63)(H4,56,57,64)(H4,58,59,65)(H4,60,61,66)/t28-,29+,31-,32-,33-,34-,35-,36-,37-,38-/m0/s1. The van der Waals surface area contributed by atoms with Gasteiger partial charge in [0.15, 0.2) is 23.8 Å². The fourth-order valence-electron chi connectivity index (χ4n) is 8.62. The Kier molecular flexibility index (Phi) is 37.4. The summed E-state index contributed by atoms with van der Waals surface area (Å²) in [5.41, 5.74) is 55.5. The first-order valence-electron chi connectivity index (χ1n) is 29.0. The number of amides is 10. The van der Waals surface area contributed by atoms with Crippen LogP contribution in [0.3, 0.4) is 0 Å². The van der Waals surface area contributed by atoms with Crippen molar-refractivity contribution in [2.45, 2.75) is 190 Å². The van der Waals surface area contributed by atoms with Crippen molar-refractivity contribution in [2.75, 3.05) is 45.8 Å². The highest BCUT2D eigenvalue weighted by Gasteiger charge is 2.36. The lowest BCUT2D eigenvalue weighted by Gasteiger charge is -2.29. The number of hydrogen-bond donors (Lipinski definition) is 21. The molecule has 1 rings (SSSR count). The van der Waals surface area contributed by atoms with E-state index in [2.05, 4.69) is 73.1 Å². The Morgan fingerprint density at radius 2 is 0.907 bits per heavy atom. The first-order chi connectivity index (χ1) is 40.7. The zero-order chi connectivity index (χ0) is 64.7. The molecule has 0 unspecified atom stereocenters. The van der Waals surface area contributed by atoms with Gasteiger partial charge in [-0.2, -0.15) is 0 Å². The molecule has 10 amide bonds. The summed E-state index contributed by atoms with van der Waals surface area (Å²) in [6, 6.07) is -12.3. The highest BCUT2D eigenvalue weighted by molar-refractivity contribution is 5.98. The second-order valence-corrected chi connectivity index (χ2v) is 20.7. The third-order valence-electron chi connectivity index (χ3n) is 13.2. The molecular formula is C51H98N24O11. The minimum atomic E-state index is -1.79. The molecule has 1 saturated heterocycles. The zero-order valence-corrected chi connectivity index (χ0v) is 49.8. The van der Waals surface area contributed by atoms with Gasteiger partial charge in [-0.25, -0.2) is 0 Å². The van der Waals surface area contributed by atoms with Gasteiger partial charge in [-0.05, 0) is 136 Å². The van der Waals surface area contributed by atoms with Gasteiger partial charge in [-0.3, -0.25) is 67.9 Å². The molecule has 1 fully saturated rings. The van der Waals surface area contributed by atoms with Crippen LogP contribution >= 0.6 is 0 Å². The van der Waals surface area contributed by atoms with Crippen molar-refractivity contribution in [1.29, 1.82) is 0 Å². The number of nitrogens with two attached hydrogens (primary N) is 10. The summed E-state index contributed by atoms with van der Waals surface area (Å²) in [6.07, 6.45) is 0.726. The molecular weight excluding hydrogens is 1120 g/mol. The van der Waals surface area contributed by atoms with Gasteiger partial charge in [-0.1, -0.05) is 0 Å². The topological polar surface area (TPSA) is 621 Å². The molecule has 0 aliphatic carbocycles. The average molecular weight is 1220 g/mol. The SMILES string of the molecule is CC(=O)N[C@@H](CCCN=C(N)N)C(=O)N[C@@H](C)C(=O)N[C@@H](CCCN=C(N)N)C(=O)N[C@H]1CCCCNC(=O)[C@H](CCCN=C(N)N)NC(=O)[C@H](CCCCN)NC(=O)[C@H](CCCCN)NC(=O)[C@H](CCCN=C(N)N)NC(=O)[C@H]([C@@H](C)O)NC1=O. The lowest BCUT2D eigenvalue weighted by Crippen LogP contribution is -2.62. The maximum atomic E-state index is 14.5. The molecule has 0 radical (unpaired) electrons. The number of aliphatic hydroxyl groups is 1. The largest absolute Gasteiger partial charge is 0.391 e. The number of rotatable bonds is 32. The lowest BCUT2D eigenvalue weighted by molar-refractivity contribution is -0.137. The average Bonchev–Trinajstić information content (AvgIpc) is 2.92. The molecule has 0 aromatic heterocycles.